The molecule has 25 heavy (non-hydrogen) atoms. The van der Waals surface area contributed by atoms with Gasteiger partial charge in [-0.2, -0.15) is 0 Å². The van der Waals surface area contributed by atoms with Crippen LogP contribution < -0.4 is 10.9 Å². The molecule has 0 saturated carbocycles. The molecule has 1 atom stereocenters. The Bertz CT molecular complexity index is 784. The van der Waals surface area contributed by atoms with Crippen molar-refractivity contribution in [1.82, 2.24) is 14.9 Å². The molecule has 1 aromatic heterocycles. The molecule has 0 unspecified atom stereocenters. The van der Waals surface area contributed by atoms with E-state index in [9.17, 15) is 14.7 Å². The number of aromatic nitrogens is 2. The van der Waals surface area contributed by atoms with Gasteiger partial charge in [0.25, 0.3) is 5.56 Å². The summed E-state index contributed by atoms with van der Waals surface area (Å²) in [6, 6.07) is 9.36. The molecule has 6 nitrogen and oxygen atoms in total. The second kappa shape index (κ2) is 8.58. The molecule has 0 spiro atoms. The first-order valence-electron chi connectivity index (χ1n) is 8.53. The summed E-state index contributed by atoms with van der Waals surface area (Å²) in [6.45, 7) is 5.42. The first-order valence-corrected chi connectivity index (χ1v) is 8.53. The van der Waals surface area contributed by atoms with E-state index < -0.39 is 0 Å². The van der Waals surface area contributed by atoms with Crippen LogP contribution in [0.15, 0.2) is 35.1 Å². The minimum atomic E-state index is -0.278. The lowest BCUT2D eigenvalue weighted by atomic mass is 10.1. The Balaban J connectivity index is 2.52. The van der Waals surface area contributed by atoms with Gasteiger partial charge in [-0.1, -0.05) is 37.3 Å². The molecular formula is C19H25N3O3. The third-order valence-electron chi connectivity index (χ3n) is 4.18. The van der Waals surface area contributed by atoms with Crippen molar-refractivity contribution < 1.29 is 9.90 Å². The quantitative estimate of drug-likeness (QED) is 0.801. The highest BCUT2D eigenvalue weighted by atomic mass is 16.3. The number of hydrogen-bond donors (Lipinski definition) is 2. The largest absolute Gasteiger partial charge is 0.396 e. The van der Waals surface area contributed by atoms with Gasteiger partial charge in [-0.15, -0.1) is 0 Å². The molecule has 1 amide bonds. The maximum absolute atomic E-state index is 12.9. The molecule has 0 bridgehead atoms. The number of aliphatic hydroxyl groups excluding tert-OH is 1. The van der Waals surface area contributed by atoms with Crippen LogP contribution >= 0.6 is 0 Å². The molecule has 134 valence electrons. The van der Waals surface area contributed by atoms with E-state index in [1.165, 1.54) is 4.57 Å². The maximum Gasteiger partial charge on any atom is 0.257 e. The molecule has 1 aromatic carbocycles. The molecule has 0 saturated heterocycles. The van der Waals surface area contributed by atoms with Crippen LogP contribution in [0.1, 0.15) is 31.5 Å². The highest BCUT2D eigenvalue weighted by molar-refractivity contribution is 5.76. The topological polar surface area (TPSA) is 84.2 Å². The highest BCUT2D eigenvalue weighted by Gasteiger charge is 2.18. The lowest BCUT2D eigenvalue weighted by Crippen LogP contribution is -2.39. The summed E-state index contributed by atoms with van der Waals surface area (Å²) < 4.78 is 1.39. The summed E-state index contributed by atoms with van der Waals surface area (Å²) >= 11 is 0. The van der Waals surface area contributed by atoms with Crippen LogP contribution in [0.25, 0.3) is 11.4 Å². The van der Waals surface area contributed by atoms with Gasteiger partial charge in [0.1, 0.15) is 12.4 Å². The van der Waals surface area contributed by atoms with Gasteiger partial charge < -0.3 is 10.4 Å². The Labute approximate surface area is 147 Å². The second-order valence-electron chi connectivity index (χ2n) is 6.11. The van der Waals surface area contributed by atoms with Crippen molar-refractivity contribution >= 4 is 5.91 Å². The van der Waals surface area contributed by atoms with Crippen molar-refractivity contribution in [2.45, 2.75) is 46.2 Å². The number of nitrogens with zero attached hydrogens (tertiary/aromatic N) is 2. The molecule has 0 aliphatic heterocycles. The number of nitrogens with one attached hydrogen (secondary N) is 1. The van der Waals surface area contributed by atoms with Gasteiger partial charge >= 0.3 is 0 Å². The number of carbonyl (C=O) groups is 1. The Morgan fingerprint density at radius 2 is 2.00 bits per heavy atom. The van der Waals surface area contributed by atoms with Crippen molar-refractivity contribution in [3.63, 3.8) is 0 Å². The zero-order valence-corrected chi connectivity index (χ0v) is 15.0. The molecule has 2 rings (SSSR count). The average Bonchev–Trinajstić information content (AvgIpc) is 2.61. The van der Waals surface area contributed by atoms with Crippen molar-refractivity contribution in [2.75, 3.05) is 6.61 Å². The fraction of sp³-hybridized carbons (Fsp3) is 0.421. The fourth-order valence-electron chi connectivity index (χ4n) is 2.62. The van der Waals surface area contributed by atoms with E-state index in [1.807, 2.05) is 44.2 Å². The van der Waals surface area contributed by atoms with Crippen LogP contribution in [0, 0.1) is 6.92 Å². The second-order valence-corrected chi connectivity index (χ2v) is 6.11. The van der Waals surface area contributed by atoms with Gasteiger partial charge in [0, 0.05) is 35.9 Å². The van der Waals surface area contributed by atoms with E-state index in [0.29, 0.717) is 17.1 Å². The summed E-state index contributed by atoms with van der Waals surface area (Å²) in [7, 11) is 0. The minimum Gasteiger partial charge on any atom is -0.396 e. The van der Waals surface area contributed by atoms with Crippen molar-refractivity contribution in [3.8, 4) is 11.4 Å². The van der Waals surface area contributed by atoms with Gasteiger partial charge in [0.05, 0.1) is 0 Å². The molecular weight excluding hydrogens is 318 g/mol. The number of hydrogen-bond acceptors (Lipinski definition) is 4. The molecule has 1 heterocycles. The molecule has 0 fully saturated rings. The fourth-order valence-corrected chi connectivity index (χ4v) is 2.62. The lowest BCUT2D eigenvalue weighted by Gasteiger charge is -2.17. The molecule has 2 aromatic rings. The monoisotopic (exact) mass is 343 g/mol. The third-order valence-corrected chi connectivity index (χ3v) is 4.18. The van der Waals surface area contributed by atoms with Crippen molar-refractivity contribution in [1.29, 1.82) is 0 Å². The zero-order valence-electron chi connectivity index (χ0n) is 15.0. The molecule has 0 aliphatic carbocycles. The number of benzene rings is 1. The maximum atomic E-state index is 12.9. The molecule has 6 heteroatoms. The van der Waals surface area contributed by atoms with Crippen LogP contribution in [0.4, 0.5) is 0 Å². The number of aliphatic hydroxyl groups is 1. The Kier molecular flexibility index (Phi) is 6.47. The highest BCUT2D eigenvalue weighted by Crippen LogP contribution is 2.17. The van der Waals surface area contributed by atoms with Crippen molar-refractivity contribution in [3.05, 3.63) is 51.9 Å². The first kappa shape index (κ1) is 18.9. The predicted molar refractivity (Wildman–Crippen MR) is 97.4 cm³/mol. The Hall–Kier alpha value is -2.47. The number of amides is 1. The van der Waals surface area contributed by atoms with E-state index >= 15 is 0 Å². The molecule has 2 N–H and O–H groups in total. The van der Waals surface area contributed by atoms with Crippen LogP contribution in [0.2, 0.25) is 0 Å². The summed E-state index contributed by atoms with van der Waals surface area (Å²) in [4.78, 5) is 29.8. The summed E-state index contributed by atoms with van der Waals surface area (Å²) in [5.74, 6) is 0.235. The van der Waals surface area contributed by atoms with Crippen molar-refractivity contribution in [2.24, 2.45) is 0 Å². The summed E-state index contributed by atoms with van der Waals surface area (Å²) in [5, 5.41) is 12.1. The summed E-state index contributed by atoms with van der Waals surface area (Å²) in [6.07, 6.45) is 1.04. The summed E-state index contributed by atoms with van der Waals surface area (Å²) in [5.41, 5.74) is 1.52. The Morgan fingerprint density at radius 3 is 2.60 bits per heavy atom. The van der Waals surface area contributed by atoms with E-state index in [-0.39, 0.29) is 37.1 Å². The minimum absolute atomic E-state index is 0.0405. The predicted octanol–water partition coefficient (Wildman–Crippen LogP) is 1.67. The normalized spacial score (nSPS) is 12.0. The van der Waals surface area contributed by atoms with E-state index in [1.54, 1.807) is 6.92 Å². The third kappa shape index (κ3) is 4.54. The Morgan fingerprint density at radius 1 is 1.32 bits per heavy atom. The first-order chi connectivity index (χ1) is 12.0. The van der Waals surface area contributed by atoms with Crippen LogP contribution in [-0.2, 0) is 17.8 Å². The standard InChI is InChI=1S/C19H25N3O3/c1-4-13(2)20-17(24)12-22-18(15-8-6-5-7-9-15)21-14(3)16(10-11-23)19(22)25/h5-9,13,23H,4,10-12H2,1-3H3,(H,20,24)/t13-/m1/s1. The number of rotatable bonds is 7. The van der Waals surface area contributed by atoms with Crippen LogP contribution in [0.3, 0.4) is 0 Å². The number of carbonyl (C=O) groups excluding carboxylic acids is 1. The average molecular weight is 343 g/mol. The van der Waals surface area contributed by atoms with E-state index in [0.717, 1.165) is 12.0 Å². The van der Waals surface area contributed by atoms with Gasteiger partial charge in [-0.25, -0.2) is 4.98 Å². The molecule has 0 aliphatic rings. The SMILES string of the molecule is CC[C@@H](C)NC(=O)Cn1c(-c2ccccc2)nc(C)c(CCO)c1=O. The molecule has 0 radical (unpaired) electrons. The van der Waals surface area contributed by atoms with E-state index in [2.05, 4.69) is 10.3 Å². The van der Waals surface area contributed by atoms with Gasteiger partial charge in [0.15, 0.2) is 0 Å². The van der Waals surface area contributed by atoms with Gasteiger partial charge in [0.2, 0.25) is 5.91 Å². The smallest absolute Gasteiger partial charge is 0.257 e. The lowest BCUT2D eigenvalue weighted by molar-refractivity contribution is -0.122. The van der Waals surface area contributed by atoms with E-state index in [4.69, 9.17) is 0 Å². The van der Waals surface area contributed by atoms with Crippen LogP contribution in [0.5, 0.6) is 0 Å². The van der Waals surface area contributed by atoms with Gasteiger partial charge in [-0.05, 0) is 20.3 Å². The zero-order chi connectivity index (χ0) is 18.4. The number of aryl methyl sites for hydroxylation is 1. The van der Waals surface area contributed by atoms with Gasteiger partial charge in [-0.3, -0.25) is 14.2 Å². The van der Waals surface area contributed by atoms with Crippen LogP contribution in [-0.4, -0.2) is 33.2 Å².